The predicted octanol–water partition coefficient (Wildman–Crippen LogP) is 1.85. The third kappa shape index (κ3) is 7.56. The number of aromatic amines is 1. The molecule has 4 N–H and O–H groups in total. The number of carboxylic acids is 1. The van der Waals surface area contributed by atoms with Gasteiger partial charge in [0.1, 0.15) is 24.7 Å². The van der Waals surface area contributed by atoms with Crippen molar-refractivity contribution in [2.24, 2.45) is 5.92 Å². The smallest absolute Gasteiger partial charge is 0.410 e. The quantitative estimate of drug-likeness (QED) is 0.368. The van der Waals surface area contributed by atoms with Gasteiger partial charge in [0.2, 0.25) is 11.8 Å². The van der Waals surface area contributed by atoms with E-state index in [2.05, 4.69) is 20.6 Å². The minimum Gasteiger partial charge on any atom is -0.480 e. The SMILES string of the molecule is CC(C)C[C@H](NC(=O)[C@H](Cc1c[nH]cn1)NC(=O)[C@@H]1CCCN1C(=O)OCc1ccccc1)C(=O)O. The van der Waals surface area contributed by atoms with Gasteiger partial charge in [0, 0.05) is 19.2 Å². The first-order valence-corrected chi connectivity index (χ1v) is 12.0. The number of rotatable bonds is 11. The molecule has 0 aliphatic carbocycles. The van der Waals surface area contributed by atoms with E-state index < -0.39 is 42.0 Å². The van der Waals surface area contributed by atoms with Crippen LogP contribution in [-0.2, 0) is 32.1 Å². The predicted molar refractivity (Wildman–Crippen MR) is 130 cm³/mol. The number of hydrogen-bond acceptors (Lipinski definition) is 6. The molecule has 1 fully saturated rings. The molecule has 36 heavy (non-hydrogen) atoms. The second-order valence-electron chi connectivity index (χ2n) is 9.25. The van der Waals surface area contributed by atoms with Crippen molar-refractivity contribution >= 4 is 23.9 Å². The van der Waals surface area contributed by atoms with E-state index in [4.69, 9.17) is 4.74 Å². The Labute approximate surface area is 209 Å². The number of nitrogens with zero attached hydrogens (tertiary/aromatic N) is 2. The summed E-state index contributed by atoms with van der Waals surface area (Å²) in [7, 11) is 0. The van der Waals surface area contributed by atoms with Crippen molar-refractivity contribution in [3.63, 3.8) is 0 Å². The van der Waals surface area contributed by atoms with E-state index in [1.807, 2.05) is 44.2 Å². The maximum Gasteiger partial charge on any atom is 0.410 e. The molecule has 1 aliphatic heterocycles. The standard InChI is InChI=1S/C25H33N5O6/c1-16(2)11-20(24(33)34)29-22(31)19(12-18-13-26-15-27-18)28-23(32)21-9-6-10-30(21)25(35)36-14-17-7-4-3-5-8-17/h3-5,7-8,13,15-16,19-21H,6,9-12,14H2,1-2H3,(H,26,27)(H,28,32)(H,29,31)(H,33,34)/t19-,20-,21-/m0/s1. The molecule has 1 saturated heterocycles. The van der Waals surface area contributed by atoms with Crippen LogP contribution in [0.15, 0.2) is 42.9 Å². The normalized spacial score (nSPS) is 16.9. The lowest BCUT2D eigenvalue weighted by atomic mass is 10.0. The summed E-state index contributed by atoms with van der Waals surface area (Å²) in [6.45, 7) is 4.16. The molecule has 3 rings (SSSR count). The topological polar surface area (TPSA) is 154 Å². The van der Waals surface area contributed by atoms with Crippen LogP contribution in [0.2, 0.25) is 0 Å². The van der Waals surface area contributed by atoms with Gasteiger partial charge < -0.3 is 25.5 Å². The summed E-state index contributed by atoms with van der Waals surface area (Å²) in [5, 5.41) is 14.8. The van der Waals surface area contributed by atoms with Crippen LogP contribution in [0.5, 0.6) is 0 Å². The minimum absolute atomic E-state index is 0.0414. The van der Waals surface area contributed by atoms with E-state index >= 15 is 0 Å². The Kier molecular flexibility index (Phi) is 9.43. The molecule has 1 aromatic heterocycles. The van der Waals surface area contributed by atoms with Crippen LogP contribution in [-0.4, -0.2) is 68.5 Å². The van der Waals surface area contributed by atoms with Crippen LogP contribution in [0.1, 0.15) is 44.4 Å². The number of hydrogen-bond donors (Lipinski definition) is 4. The highest BCUT2D eigenvalue weighted by Crippen LogP contribution is 2.19. The molecular weight excluding hydrogens is 466 g/mol. The minimum atomic E-state index is -1.15. The average molecular weight is 500 g/mol. The van der Waals surface area contributed by atoms with Gasteiger partial charge in [0.05, 0.1) is 12.0 Å². The van der Waals surface area contributed by atoms with Crippen molar-refractivity contribution in [2.45, 2.75) is 64.3 Å². The maximum absolute atomic E-state index is 13.2. The highest BCUT2D eigenvalue weighted by atomic mass is 16.6. The van der Waals surface area contributed by atoms with Gasteiger partial charge in [-0.15, -0.1) is 0 Å². The summed E-state index contributed by atoms with van der Waals surface area (Å²) in [6.07, 6.45) is 3.78. The Morgan fingerprint density at radius 3 is 2.56 bits per heavy atom. The van der Waals surface area contributed by atoms with Gasteiger partial charge in [-0.2, -0.15) is 0 Å². The van der Waals surface area contributed by atoms with Gasteiger partial charge in [-0.25, -0.2) is 14.6 Å². The van der Waals surface area contributed by atoms with E-state index in [0.29, 0.717) is 25.1 Å². The second kappa shape index (κ2) is 12.7. The average Bonchev–Trinajstić information content (AvgIpc) is 3.54. The summed E-state index contributed by atoms with van der Waals surface area (Å²) < 4.78 is 5.39. The summed E-state index contributed by atoms with van der Waals surface area (Å²) in [5.41, 5.74) is 1.35. The number of likely N-dealkylation sites (tertiary alicyclic amines) is 1. The molecule has 2 heterocycles. The number of carboxylic acid groups (broad SMARTS) is 1. The van der Waals surface area contributed by atoms with Crippen LogP contribution in [0.4, 0.5) is 4.79 Å². The summed E-state index contributed by atoms with van der Waals surface area (Å²) >= 11 is 0. The monoisotopic (exact) mass is 499 g/mol. The van der Waals surface area contributed by atoms with Gasteiger partial charge in [-0.3, -0.25) is 14.5 Å². The first kappa shape index (κ1) is 26.7. The Hall–Kier alpha value is -3.89. The molecule has 1 aliphatic rings. The van der Waals surface area contributed by atoms with Crippen molar-refractivity contribution in [1.29, 1.82) is 0 Å². The van der Waals surface area contributed by atoms with E-state index in [1.54, 1.807) is 6.20 Å². The second-order valence-corrected chi connectivity index (χ2v) is 9.25. The Balaban J connectivity index is 1.67. The molecule has 0 bridgehead atoms. The van der Waals surface area contributed by atoms with Crippen LogP contribution in [0, 0.1) is 5.92 Å². The van der Waals surface area contributed by atoms with Gasteiger partial charge >= 0.3 is 12.1 Å². The lowest BCUT2D eigenvalue weighted by Gasteiger charge is -2.26. The molecule has 2 aromatic rings. The zero-order valence-electron chi connectivity index (χ0n) is 20.5. The van der Waals surface area contributed by atoms with Crippen molar-refractivity contribution in [2.75, 3.05) is 6.54 Å². The fourth-order valence-corrected chi connectivity index (χ4v) is 4.11. The van der Waals surface area contributed by atoms with E-state index in [1.165, 1.54) is 11.2 Å². The van der Waals surface area contributed by atoms with E-state index in [-0.39, 0.29) is 25.4 Å². The third-order valence-corrected chi connectivity index (χ3v) is 5.92. The number of benzene rings is 1. The van der Waals surface area contributed by atoms with Gasteiger partial charge in [-0.05, 0) is 30.7 Å². The van der Waals surface area contributed by atoms with Crippen LogP contribution in [0.25, 0.3) is 0 Å². The number of ether oxygens (including phenoxy) is 1. The highest BCUT2D eigenvalue weighted by Gasteiger charge is 2.37. The van der Waals surface area contributed by atoms with Crippen LogP contribution < -0.4 is 10.6 Å². The molecule has 1 aromatic carbocycles. The zero-order chi connectivity index (χ0) is 26.1. The number of carbonyl (C=O) groups is 4. The number of amides is 3. The number of H-pyrrole nitrogens is 1. The number of carbonyl (C=O) groups excluding carboxylic acids is 3. The number of aromatic nitrogens is 2. The zero-order valence-corrected chi connectivity index (χ0v) is 20.5. The van der Waals surface area contributed by atoms with Gasteiger partial charge in [0.25, 0.3) is 0 Å². The number of aliphatic carboxylic acids is 1. The first-order chi connectivity index (χ1) is 17.2. The molecule has 194 valence electrons. The van der Waals surface area contributed by atoms with Crippen LogP contribution in [0.3, 0.4) is 0 Å². The molecule has 3 amide bonds. The number of nitrogens with one attached hydrogen (secondary N) is 3. The Morgan fingerprint density at radius 2 is 1.92 bits per heavy atom. The maximum atomic E-state index is 13.2. The first-order valence-electron chi connectivity index (χ1n) is 12.0. The molecule has 0 saturated carbocycles. The van der Waals surface area contributed by atoms with E-state index in [0.717, 1.165) is 5.56 Å². The molecule has 0 radical (unpaired) electrons. The lowest BCUT2D eigenvalue weighted by molar-refractivity contribution is -0.142. The fourth-order valence-electron chi connectivity index (χ4n) is 4.11. The van der Waals surface area contributed by atoms with Crippen molar-refractivity contribution in [3.05, 3.63) is 54.1 Å². The Morgan fingerprint density at radius 1 is 1.17 bits per heavy atom. The van der Waals surface area contributed by atoms with Gasteiger partial charge in [0.15, 0.2) is 0 Å². The van der Waals surface area contributed by atoms with Crippen LogP contribution >= 0.6 is 0 Å². The van der Waals surface area contributed by atoms with Crippen molar-refractivity contribution < 1.29 is 29.0 Å². The lowest BCUT2D eigenvalue weighted by Crippen LogP contribution is -2.56. The molecule has 0 spiro atoms. The molecular formula is C25H33N5O6. The number of imidazole rings is 1. The molecule has 11 nitrogen and oxygen atoms in total. The molecule has 3 atom stereocenters. The third-order valence-electron chi connectivity index (χ3n) is 5.92. The van der Waals surface area contributed by atoms with Crippen molar-refractivity contribution in [3.8, 4) is 0 Å². The Bertz CT molecular complexity index is 1030. The fraction of sp³-hybridized carbons (Fsp3) is 0.480. The largest absolute Gasteiger partial charge is 0.480 e. The molecule has 0 unspecified atom stereocenters. The van der Waals surface area contributed by atoms with Crippen molar-refractivity contribution in [1.82, 2.24) is 25.5 Å². The van der Waals surface area contributed by atoms with E-state index in [9.17, 15) is 24.3 Å². The van der Waals surface area contributed by atoms with Gasteiger partial charge in [-0.1, -0.05) is 44.2 Å². The summed E-state index contributed by atoms with van der Waals surface area (Å²) in [6, 6.07) is 6.26. The molecule has 11 heteroatoms. The summed E-state index contributed by atoms with van der Waals surface area (Å²) in [5.74, 6) is -2.24. The highest BCUT2D eigenvalue weighted by molar-refractivity contribution is 5.93. The summed E-state index contributed by atoms with van der Waals surface area (Å²) in [4.78, 5) is 58.9.